The Morgan fingerprint density at radius 3 is 2.73 bits per heavy atom. The summed E-state index contributed by atoms with van der Waals surface area (Å²) in [5, 5.41) is 2.75. The van der Waals surface area contributed by atoms with Crippen LogP contribution in [0.15, 0.2) is 23.1 Å². The smallest absolute Gasteiger partial charge is 0.338 e. The lowest BCUT2D eigenvalue weighted by molar-refractivity contribution is -0.141. The molecule has 1 aliphatic carbocycles. The zero-order valence-electron chi connectivity index (χ0n) is 15.1. The fraction of sp³-hybridized carbons (Fsp3) is 0.526. The zero-order chi connectivity index (χ0) is 18.7. The van der Waals surface area contributed by atoms with E-state index in [1.807, 2.05) is 0 Å². The third-order valence-electron chi connectivity index (χ3n) is 4.95. The molecule has 3 rings (SSSR count). The molecule has 1 atom stereocenters. The average Bonchev–Trinajstić information content (AvgIpc) is 2.66. The quantitative estimate of drug-likeness (QED) is 0.818. The maximum Gasteiger partial charge on any atom is 0.338 e. The van der Waals surface area contributed by atoms with E-state index in [1.165, 1.54) is 18.2 Å². The van der Waals surface area contributed by atoms with E-state index in [0.717, 1.165) is 30.6 Å². The summed E-state index contributed by atoms with van der Waals surface area (Å²) >= 11 is 1.43. The van der Waals surface area contributed by atoms with Gasteiger partial charge in [-0.1, -0.05) is 19.3 Å². The molecule has 0 unspecified atom stereocenters. The number of anilines is 1. The van der Waals surface area contributed by atoms with Crippen molar-refractivity contribution in [1.82, 2.24) is 4.90 Å². The van der Waals surface area contributed by atoms with Gasteiger partial charge in [-0.15, -0.1) is 11.8 Å². The first-order chi connectivity index (χ1) is 12.5. The van der Waals surface area contributed by atoms with Gasteiger partial charge in [-0.2, -0.15) is 0 Å². The molecule has 1 saturated carbocycles. The van der Waals surface area contributed by atoms with E-state index in [4.69, 9.17) is 4.74 Å². The van der Waals surface area contributed by atoms with E-state index >= 15 is 0 Å². The standard InChI is InChI=1S/C19H24N2O4S/c1-12(18(23)21(2)14-6-4-3-5-7-14)25-19(24)13-8-9-16-15(10-13)20-17(22)11-26-16/h8-10,12,14H,3-7,11H2,1-2H3,(H,20,22)/t12-/m0/s1. The summed E-state index contributed by atoms with van der Waals surface area (Å²) in [6, 6.07) is 5.28. The maximum atomic E-state index is 12.6. The number of fused-ring (bicyclic) bond motifs is 1. The second-order valence-corrected chi connectivity index (χ2v) is 7.85. The molecule has 140 valence electrons. The van der Waals surface area contributed by atoms with Gasteiger partial charge < -0.3 is 15.0 Å². The predicted octanol–water partition coefficient (Wildman–Crippen LogP) is 3.07. The van der Waals surface area contributed by atoms with Crippen LogP contribution in [0.25, 0.3) is 0 Å². The topological polar surface area (TPSA) is 75.7 Å². The van der Waals surface area contributed by atoms with Crippen LogP contribution in [0, 0.1) is 0 Å². The number of likely N-dealkylation sites (N-methyl/N-ethyl adjacent to an activating group) is 1. The van der Waals surface area contributed by atoms with E-state index in [0.29, 0.717) is 17.0 Å². The van der Waals surface area contributed by atoms with Crippen molar-refractivity contribution in [3.63, 3.8) is 0 Å². The Bertz CT molecular complexity index is 715. The summed E-state index contributed by atoms with van der Waals surface area (Å²) in [5.74, 6) is -0.455. The van der Waals surface area contributed by atoms with Crippen molar-refractivity contribution >= 4 is 35.2 Å². The lowest BCUT2D eigenvalue weighted by atomic mass is 9.94. The first-order valence-corrected chi connectivity index (χ1v) is 9.98. The highest BCUT2D eigenvalue weighted by molar-refractivity contribution is 8.00. The molecule has 0 radical (unpaired) electrons. The molecule has 1 aromatic carbocycles. The highest BCUT2D eigenvalue weighted by atomic mass is 32.2. The molecular formula is C19H24N2O4S. The molecule has 1 aromatic rings. The number of ether oxygens (including phenoxy) is 1. The van der Waals surface area contributed by atoms with Gasteiger partial charge in [0.15, 0.2) is 6.10 Å². The van der Waals surface area contributed by atoms with Crippen LogP contribution in [0.2, 0.25) is 0 Å². The van der Waals surface area contributed by atoms with Crippen molar-refractivity contribution in [3.8, 4) is 0 Å². The number of amides is 2. The Labute approximate surface area is 157 Å². The SMILES string of the molecule is C[C@H](OC(=O)c1ccc2c(c1)NC(=O)CS2)C(=O)N(C)C1CCCCC1. The molecule has 1 aliphatic heterocycles. The Kier molecular flexibility index (Phi) is 5.86. The third-order valence-corrected chi connectivity index (χ3v) is 6.02. The van der Waals surface area contributed by atoms with E-state index < -0.39 is 12.1 Å². The molecule has 1 fully saturated rings. The summed E-state index contributed by atoms with van der Waals surface area (Å²) in [4.78, 5) is 39.1. The molecule has 0 aromatic heterocycles. The van der Waals surface area contributed by atoms with Gasteiger partial charge in [0.05, 0.1) is 17.0 Å². The van der Waals surface area contributed by atoms with Crippen molar-refractivity contribution in [3.05, 3.63) is 23.8 Å². The van der Waals surface area contributed by atoms with Crippen LogP contribution in [0.5, 0.6) is 0 Å². The number of hydrogen-bond acceptors (Lipinski definition) is 5. The molecular weight excluding hydrogens is 352 g/mol. The molecule has 26 heavy (non-hydrogen) atoms. The van der Waals surface area contributed by atoms with Crippen molar-refractivity contribution < 1.29 is 19.1 Å². The number of carbonyl (C=O) groups is 3. The first-order valence-electron chi connectivity index (χ1n) is 9.00. The average molecular weight is 376 g/mol. The Balaban J connectivity index is 1.62. The first kappa shape index (κ1) is 18.8. The van der Waals surface area contributed by atoms with Crippen LogP contribution >= 0.6 is 11.8 Å². The zero-order valence-corrected chi connectivity index (χ0v) is 15.9. The van der Waals surface area contributed by atoms with Crippen molar-refractivity contribution in [1.29, 1.82) is 0 Å². The monoisotopic (exact) mass is 376 g/mol. The van der Waals surface area contributed by atoms with Crippen molar-refractivity contribution in [2.24, 2.45) is 0 Å². The minimum atomic E-state index is -0.838. The third kappa shape index (κ3) is 4.20. The van der Waals surface area contributed by atoms with Gasteiger partial charge in [-0.3, -0.25) is 9.59 Å². The Morgan fingerprint density at radius 1 is 1.27 bits per heavy atom. The second kappa shape index (κ2) is 8.12. The van der Waals surface area contributed by atoms with E-state index in [1.54, 1.807) is 37.1 Å². The highest BCUT2D eigenvalue weighted by Crippen LogP contribution is 2.32. The van der Waals surface area contributed by atoms with Gasteiger partial charge in [0.2, 0.25) is 5.91 Å². The van der Waals surface area contributed by atoms with Gasteiger partial charge >= 0.3 is 5.97 Å². The molecule has 6 nitrogen and oxygen atoms in total. The predicted molar refractivity (Wildman–Crippen MR) is 100 cm³/mol. The second-order valence-electron chi connectivity index (χ2n) is 6.84. The van der Waals surface area contributed by atoms with Gasteiger partial charge in [0.25, 0.3) is 5.91 Å². The van der Waals surface area contributed by atoms with Gasteiger partial charge in [-0.05, 0) is 38.0 Å². The Morgan fingerprint density at radius 2 is 2.00 bits per heavy atom. The number of esters is 1. The number of rotatable bonds is 4. The van der Waals surface area contributed by atoms with E-state index in [2.05, 4.69) is 5.32 Å². The van der Waals surface area contributed by atoms with Crippen LogP contribution in [0.1, 0.15) is 49.4 Å². The lowest BCUT2D eigenvalue weighted by Gasteiger charge is -2.32. The summed E-state index contributed by atoms with van der Waals surface area (Å²) in [7, 11) is 1.79. The van der Waals surface area contributed by atoms with Crippen molar-refractivity contribution in [2.75, 3.05) is 18.1 Å². The maximum absolute atomic E-state index is 12.6. The lowest BCUT2D eigenvalue weighted by Crippen LogP contribution is -2.44. The number of benzene rings is 1. The number of nitrogens with one attached hydrogen (secondary N) is 1. The summed E-state index contributed by atoms with van der Waals surface area (Å²) in [6.07, 6.45) is 4.66. The molecule has 0 saturated heterocycles. The minimum Gasteiger partial charge on any atom is -0.449 e. The van der Waals surface area contributed by atoms with Crippen LogP contribution in [0.3, 0.4) is 0 Å². The molecule has 0 bridgehead atoms. The molecule has 0 spiro atoms. The molecule has 2 amide bonds. The van der Waals surface area contributed by atoms with Crippen LogP contribution in [-0.2, 0) is 14.3 Å². The minimum absolute atomic E-state index is 0.0920. The van der Waals surface area contributed by atoms with Gasteiger partial charge in [-0.25, -0.2) is 4.79 Å². The molecule has 1 heterocycles. The highest BCUT2D eigenvalue weighted by Gasteiger charge is 2.28. The van der Waals surface area contributed by atoms with Gasteiger partial charge in [0, 0.05) is 18.0 Å². The fourth-order valence-corrected chi connectivity index (χ4v) is 4.21. The number of nitrogens with zero attached hydrogens (tertiary/aromatic N) is 1. The summed E-state index contributed by atoms with van der Waals surface area (Å²) in [5.41, 5.74) is 0.936. The Hall–Kier alpha value is -2.02. The van der Waals surface area contributed by atoms with Crippen LogP contribution in [-0.4, -0.2) is 47.6 Å². The normalized spacial score (nSPS) is 18.5. The van der Waals surface area contributed by atoms with Gasteiger partial charge in [0.1, 0.15) is 0 Å². The van der Waals surface area contributed by atoms with E-state index in [-0.39, 0.29) is 17.9 Å². The fourth-order valence-electron chi connectivity index (χ4n) is 3.42. The van der Waals surface area contributed by atoms with Crippen molar-refractivity contribution in [2.45, 2.75) is 56.1 Å². The number of hydrogen-bond donors (Lipinski definition) is 1. The van der Waals surface area contributed by atoms with E-state index in [9.17, 15) is 14.4 Å². The summed E-state index contributed by atoms with van der Waals surface area (Å²) in [6.45, 7) is 1.61. The molecule has 1 N–H and O–H groups in total. The molecule has 2 aliphatic rings. The largest absolute Gasteiger partial charge is 0.449 e. The van der Waals surface area contributed by atoms with Crippen LogP contribution in [0.4, 0.5) is 5.69 Å². The van der Waals surface area contributed by atoms with Crippen LogP contribution < -0.4 is 5.32 Å². The summed E-state index contributed by atoms with van der Waals surface area (Å²) < 4.78 is 5.38. The molecule has 7 heteroatoms. The number of thioether (sulfide) groups is 1. The number of carbonyl (C=O) groups excluding carboxylic acids is 3.